The molecule has 0 radical (unpaired) electrons. The maximum absolute atomic E-state index is 12.9. The standard InChI is InChI=1S/C27H27N3O2S/c1-17-9-11-19(12-10-17)25(29-23-16-18(2)13-14-28-23)24-20-6-3-4-8-22(20)33-27(24)30-26(31)21-7-5-15-32-21/h5,7,9-16,25H,3-4,6,8H2,1-2H3,(H,28,29)(H,30,31)/t25-/m0/s1. The van der Waals surface area contributed by atoms with Crippen molar-refractivity contribution in [1.29, 1.82) is 0 Å². The average Bonchev–Trinajstić information content (AvgIpc) is 3.47. The van der Waals surface area contributed by atoms with Crippen LogP contribution in [0.3, 0.4) is 0 Å². The van der Waals surface area contributed by atoms with Crippen LogP contribution in [0.25, 0.3) is 0 Å². The zero-order chi connectivity index (χ0) is 22.8. The van der Waals surface area contributed by atoms with Gasteiger partial charge in [-0.3, -0.25) is 4.79 Å². The number of anilines is 2. The summed E-state index contributed by atoms with van der Waals surface area (Å²) in [7, 11) is 0. The lowest BCUT2D eigenvalue weighted by Gasteiger charge is -2.24. The van der Waals surface area contributed by atoms with Gasteiger partial charge in [-0.25, -0.2) is 4.98 Å². The van der Waals surface area contributed by atoms with Crippen LogP contribution in [0.15, 0.2) is 65.4 Å². The number of furan rings is 1. The first kappa shape index (κ1) is 21.5. The number of fused-ring (bicyclic) bond motifs is 1. The fraction of sp³-hybridized carbons (Fsp3) is 0.259. The highest BCUT2D eigenvalue weighted by Gasteiger charge is 2.29. The molecule has 5 rings (SSSR count). The second kappa shape index (κ2) is 9.24. The molecule has 4 aromatic rings. The monoisotopic (exact) mass is 457 g/mol. The number of rotatable bonds is 6. The summed E-state index contributed by atoms with van der Waals surface area (Å²) < 4.78 is 5.34. The Hall–Kier alpha value is -3.38. The number of thiophene rings is 1. The zero-order valence-corrected chi connectivity index (χ0v) is 19.7. The van der Waals surface area contributed by atoms with Crippen LogP contribution in [0.4, 0.5) is 10.8 Å². The first-order valence-electron chi connectivity index (χ1n) is 11.3. The molecule has 168 valence electrons. The SMILES string of the molecule is Cc1ccc([C@H](Nc2cc(C)ccn2)c2c(NC(=O)c3ccco3)sc3c2CCCC3)cc1. The Morgan fingerprint density at radius 2 is 1.88 bits per heavy atom. The maximum Gasteiger partial charge on any atom is 0.291 e. The van der Waals surface area contributed by atoms with Gasteiger partial charge in [-0.05, 0) is 80.5 Å². The maximum atomic E-state index is 12.9. The predicted molar refractivity (Wildman–Crippen MR) is 133 cm³/mol. The van der Waals surface area contributed by atoms with Crippen molar-refractivity contribution in [1.82, 2.24) is 4.98 Å². The molecule has 0 spiro atoms. The highest BCUT2D eigenvalue weighted by molar-refractivity contribution is 7.16. The van der Waals surface area contributed by atoms with Crippen molar-refractivity contribution in [3.05, 3.63) is 99.4 Å². The summed E-state index contributed by atoms with van der Waals surface area (Å²) in [6.45, 7) is 4.16. The van der Waals surface area contributed by atoms with Crippen LogP contribution in [0.5, 0.6) is 0 Å². The van der Waals surface area contributed by atoms with Gasteiger partial charge in [0, 0.05) is 16.6 Å². The van der Waals surface area contributed by atoms with Gasteiger partial charge in [-0.2, -0.15) is 0 Å². The molecule has 3 aromatic heterocycles. The van der Waals surface area contributed by atoms with E-state index in [0.29, 0.717) is 5.76 Å². The molecule has 1 aliphatic carbocycles. The van der Waals surface area contributed by atoms with Crippen LogP contribution in [0.1, 0.15) is 62.1 Å². The highest BCUT2D eigenvalue weighted by Crippen LogP contribution is 2.44. The minimum atomic E-state index is -0.226. The molecule has 5 nitrogen and oxygen atoms in total. The number of carbonyl (C=O) groups excluding carboxylic acids is 1. The van der Waals surface area contributed by atoms with Gasteiger partial charge in [0.05, 0.1) is 12.3 Å². The molecule has 0 saturated heterocycles. The van der Waals surface area contributed by atoms with E-state index in [0.717, 1.165) is 46.8 Å². The van der Waals surface area contributed by atoms with Gasteiger partial charge in [0.2, 0.25) is 0 Å². The largest absolute Gasteiger partial charge is 0.459 e. The molecule has 2 N–H and O–H groups in total. The number of hydrogen-bond acceptors (Lipinski definition) is 5. The summed E-state index contributed by atoms with van der Waals surface area (Å²) in [6.07, 6.45) is 7.75. The number of hydrogen-bond donors (Lipinski definition) is 2. The lowest BCUT2D eigenvalue weighted by molar-refractivity contribution is 0.0997. The Labute approximate surface area is 197 Å². The number of nitrogens with one attached hydrogen (secondary N) is 2. The molecule has 1 aromatic carbocycles. The third-order valence-corrected chi connectivity index (χ3v) is 7.31. The number of nitrogens with zero attached hydrogens (tertiary/aromatic N) is 1. The second-order valence-corrected chi connectivity index (χ2v) is 9.70. The minimum absolute atomic E-state index is 0.134. The third kappa shape index (κ3) is 4.57. The van der Waals surface area contributed by atoms with E-state index < -0.39 is 0 Å². The van der Waals surface area contributed by atoms with Crippen LogP contribution in [-0.2, 0) is 12.8 Å². The predicted octanol–water partition coefficient (Wildman–Crippen LogP) is 6.69. The van der Waals surface area contributed by atoms with E-state index in [1.54, 1.807) is 23.5 Å². The molecule has 1 amide bonds. The molecule has 33 heavy (non-hydrogen) atoms. The van der Waals surface area contributed by atoms with E-state index in [1.807, 2.05) is 12.3 Å². The Balaban J connectivity index is 1.61. The Morgan fingerprint density at radius 3 is 2.64 bits per heavy atom. The molecule has 0 aliphatic heterocycles. The minimum Gasteiger partial charge on any atom is -0.459 e. The van der Waals surface area contributed by atoms with Crippen molar-refractivity contribution in [2.24, 2.45) is 0 Å². The van der Waals surface area contributed by atoms with Gasteiger partial charge in [0.15, 0.2) is 5.76 Å². The molecule has 6 heteroatoms. The normalized spacial score (nSPS) is 13.9. The summed E-state index contributed by atoms with van der Waals surface area (Å²) in [5.74, 6) is 0.906. The van der Waals surface area contributed by atoms with Crippen molar-refractivity contribution < 1.29 is 9.21 Å². The van der Waals surface area contributed by atoms with Gasteiger partial charge < -0.3 is 15.1 Å². The van der Waals surface area contributed by atoms with E-state index >= 15 is 0 Å². The van der Waals surface area contributed by atoms with Crippen LogP contribution in [0, 0.1) is 13.8 Å². The summed E-state index contributed by atoms with van der Waals surface area (Å²) in [5, 5.41) is 7.72. The first-order chi connectivity index (χ1) is 16.1. The van der Waals surface area contributed by atoms with Crippen LogP contribution in [-0.4, -0.2) is 10.9 Å². The van der Waals surface area contributed by atoms with E-state index in [-0.39, 0.29) is 11.9 Å². The molecule has 0 bridgehead atoms. The Kier molecular flexibility index (Phi) is 6.01. The van der Waals surface area contributed by atoms with Crippen molar-refractivity contribution in [2.45, 2.75) is 45.6 Å². The number of pyridine rings is 1. The van der Waals surface area contributed by atoms with E-state index in [1.165, 1.54) is 28.7 Å². The lowest BCUT2D eigenvalue weighted by Crippen LogP contribution is -2.19. The molecule has 0 fully saturated rings. The molecule has 1 atom stereocenters. The van der Waals surface area contributed by atoms with Crippen LogP contribution >= 0.6 is 11.3 Å². The van der Waals surface area contributed by atoms with Crippen LogP contribution in [0.2, 0.25) is 0 Å². The molecule has 0 unspecified atom stereocenters. The fourth-order valence-electron chi connectivity index (χ4n) is 4.41. The Morgan fingerprint density at radius 1 is 1.06 bits per heavy atom. The molecule has 3 heterocycles. The molecular weight excluding hydrogens is 430 g/mol. The smallest absolute Gasteiger partial charge is 0.291 e. The van der Waals surface area contributed by atoms with E-state index in [4.69, 9.17) is 4.42 Å². The molecular formula is C27H27N3O2S. The van der Waals surface area contributed by atoms with Gasteiger partial charge in [-0.15, -0.1) is 11.3 Å². The quantitative estimate of drug-likeness (QED) is 0.339. The molecule has 0 saturated carbocycles. The summed E-state index contributed by atoms with van der Waals surface area (Å²) in [4.78, 5) is 18.8. The van der Waals surface area contributed by atoms with Gasteiger partial charge in [0.25, 0.3) is 5.91 Å². The Bertz CT molecular complexity index is 1260. The van der Waals surface area contributed by atoms with Gasteiger partial charge >= 0.3 is 0 Å². The highest BCUT2D eigenvalue weighted by atomic mass is 32.1. The number of benzene rings is 1. The number of aryl methyl sites for hydroxylation is 3. The van der Waals surface area contributed by atoms with Crippen molar-refractivity contribution in [3.8, 4) is 0 Å². The van der Waals surface area contributed by atoms with E-state index in [9.17, 15) is 4.79 Å². The van der Waals surface area contributed by atoms with Crippen molar-refractivity contribution in [2.75, 3.05) is 10.6 Å². The van der Waals surface area contributed by atoms with Crippen LogP contribution < -0.4 is 10.6 Å². The zero-order valence-electron chi connectivity index (χ0n) is 18.9. The number of aromatic nitrogens is 1. The van der Waals surface area contributed by atoms with Crippen molar-refractivity contribution in [3.63, 3.8) is 0 Å². The lowest BCUT2D eigenvalue weighted by atomic mass is 9.89. The number of carbonyl (C=O) groups is 1. The fourth-order valence-corrected chi connectivity index (χ4v) is 5.73. The van der Waals surface area contributed by atoms with Crippen molar-refractivity contribution >= 4 is 28.1 Å². The summed E-state index contributed by atoms with van der Waals surface area (Å²) in [6, 6.07) is 15.9. The third-order valence-electron chi connectivity index (χ3n) is 6.09. The summed E-state index contributed by atoms with van der Waals surface area (Å²) in [5.41, 5.74) is 6.00. The molecule has 1 aliphatic rings. The average molecular weight is 458 g/mol. The van der Waals surface area contributed by atoms with Gasteiger partial charge in [-0.1, -0.05) is 29.8 Å². The first-order valence-corrected chi connectivity index (χ1v) is 12.1. The summed E-state index contributed by atoms with van der Waals surface area (Å²) >= 11 is 1.69. The topological polar surface area (TPSA) is 67.2 Å². The second-order valence-electron chi connectivity index (χ2n) is 8.59. The number of amides is 1. The van der Waals surface area contributed by atoms with E-state index in [2.05, 4.69) is 59.8 Å². The van der Waals surface area contributed by atoms with Gasteiger partial charge in [0.1, 0.15) is 10.8 Å².